The van der Waals surface area contributed by atoms with Crippen molar-refractivity contribution in [2.24, 2.45) is 0 Å². The molecule has 0 saturated carbocycles. The van der Waals surface area contributed by atoms with Gasteiger partial charge >= 0.3 is 0 Å². The molecular weight excluding hydrogens is 396 g/mol. The summed E-state index contributed by atoms with van der Waals surface area (Å²) in [6.45, 7) is 3.69. The number of para-hydroxylation sites is 1. The first-order valence-corrected chi connectivity index (χ1v) is 8.96. The minimum Gasteiger partial charge on any atom is -0.318 e. The molecule has 0 saturated heterocycles. The van der Waals surface area contributed by atoms with E-state index in [1.165, 1.54) is 6.07 Å². The number of hydrogen-bond donors (Lipinski definition) is 2. The summed E-state index contributed by atoms with van der Waals surface area (Å²) < 4.78 is 1.93. The molecule has 0 fully saturated rings. The van der Waals surface area contributed by atoms with Crippen molar-refractivity contribution in [3.63, 3.8) is 0 Å². The maximum atomic E-state index is 12.6. The number of hydrazine groups is 1. The van der Waals surface area contributed by atoms with Crippen LogP contribution in [-0.2, 0) is 0 Å². The molecule has 0 radical (unpaired) electrons. The average Bonchev–Trinajstić information content (AvgIpc) is 3.00. The Morgan fingerprint density at radius 1 is 0.966 bits per heavy atom. The average molecular weight is 413 g/mol. The molecule has 8 nitrogen and oxygen atoms in total. The zero-order chi connectivity index (χ0) is 21.1. The van der Waals surface area contributed by atoms with Crippen molar-refractivity contribution in [1.29, 1.82) is 0 Å². The number of hydrogen-bond acceptors (Lipinski definition) is 4. The van der Waals surface area contributed by atoms with Gasteiger partial charge in [-0.25, -0.2) is 0 Å². The van der Waals surface area contributed by atoms with Gasteiger partial charge in [0.15, 0.2) is 0 Å². The first-order chi connectivity index (χ1) is 13.8. The molecule has 0 unspecified atom stereocenters. The molecule has 0 aliphatic carbocycles. The van der Waals surface area contributed by atoms with E-state index in [2.05, 4.69) is 10.9 Å². The summed E-state index contributed by atoms with van der Waals surface area (Å²) in [5.41, 5.74) is 7.31. The smallest absolute Gasteiger partial charge is 0.271 e. The Bertz CT molecular complexity index is 1110. The van der Waals surface area contributed by atoms with Crippen LogP contribution in [0, 0.1) is 24.0 Å². The lowest BCUT2D eigenvalue weighted by Gasteiger charge is -2.10. The predicted molar refractivity (Wildman–Crippen MR) is 108 cm³/mol. The van der Waals surface area contributed by atoms with E-state index in [4.69, 9.17) is 11.6 Å². The number of amides is 2. The molecule has 2 aromatic carbocycles. The second-order valence-electron chi connectivity index (χ2n) is 6.29. The number of carbonyl (C=O) groups is 2. The lowest BCUT2D eigenvalue weighted by atomic mass is 10.2. The molecule has 0 aliphatic heterocycles. The highest BCUT2D eigenvalue weighted by atomic mass is 35.5. The van der Waals surface area contributed by atoms with Gasteiger partial charge in [0.1, 0.15) is 0 Å². The van der Waals surface area contributed by atoms with Gasteiger partial charge in [-0.15, -0.1) is 0 Å². The quantitative estimate of drug-likeness (QED) is 0.503. The maximum absolute atomic E-state index is 12.6. The molecule has 0 spiro atoms. The number of nitrogens with zero attached hydrogens (tertiary/aromatic N) is 2. The van der Waals surface area contributed by atoms with Crippen molar-refractivity contribution < 1.29 is 14.5 Å². The van der Waals surface area contributed by atoms with Crippen molar-refractivity contribution in [2.75, 3.05) is 0 Å². The number of aromatic nitrogens is 1. The third-order valence-electron chi connectivity index (χ3n) is 4.39. The topological polar surface area (TPSA) is 106 Å². The van der Waals surface area contributed by atoms with Crippen LogP contribution in [-0.4, -0.2) is 21.3 Å². The minimum atomic E-state index is -0.685. The van der Waals surface area contributed by atoms with Gasteiger partial charge in [0.05, 0.1) is 21.1 Å². The SMILES string of the molecule is Cc1cc(C(=O)NNC(=O)c2ccc([N+](=O)[O-])cc2Cl)c(C)n1-c1ccccc1. The fourth-order valence-electron chi connectivity index (χ4n) is 3.02. The molecule has 3 aromatic rings. The van der Waals surface area contributed by atoms with Gasteiger partial charge in [0, 0.05) is 29.2 Å². The van der Waals surface area contributed by atoms with Gasteiger partial charge in [-0.1, -0.05) is 29.8 Å². The van der Waals surface area contributed by atoms with E-state index in [0.717, 1.165) is 23.5 Å². The molecule has 0 atom stereocenters. The highest BCUT2D eigenvalue weighted by Crippen LogP contribution is 2.23. The Morgan fingerprint density at radius 3 is 2.17 bits per heavy atom. The fraction of sp³-hybridized carbons (Fsp3) is 0.100. The van der Waals surface area contributed by atoms with Gasteiger partial charge in [0.25, 0.3) is 17.5 Å². The van der Waals surface area contributed by atoms with E-state index in [-0.39, 0.29) is 16.3 Å². The van der Waals surface area contributed by atoms with Gasteiger partial charge in [-0.05, 0) is 38.1 Å². The summed E-state index contributed by atoms with van der Waals surface area (Å²) in [4.78, 5) is 35.0. The number of nitro benzene ring substituents is 1. The molecule has 148 valence electrons. The first kappa shape index (κ1) is 20.1. The van der Waals surface area contributed by atoms with Gasteiger partial charge in [0.2, 0.25) is 0 Å². The molecular formula is C20H17ClN4O4. The standard InChI is InChI=1S/C20H17ClN4O4/c1-12-10-17(13(2)24(12)14-6-4-3-5-7-14)20(27)23-22-19(26)16-9-8-15(25(28)29)11-18(16)21/h3-11H,1-2H3,(H,22,26)(H,23,27). The molecule has 9 heteroatoms. The Hall–Kier alpha value is -3.65. The van der Waals surface area contributed by atoms with Crippen molar-refractivity contribution >= 4 is 29.1 Å². The van der Waals surface area contributed by atoms with E-state index in [9.17, 15) is 19.7 Å². The minimum absolute atomic E-state index is 0.00678. The van der Waals surface area contributed by atoms with Crippen molar-refractivity contribution in [1.82, 2.24) is 15.4 Å². The normalized spacial score (nSPS) is 10.4. The second-order valence-corrected chi connectivity index (χ2v) is 6.69. The number of carbonyl (C=O) groups excluding carboxylic acids is 2. The molecule has 0 aliphatic rings. The number of benzene rings is 2. The molecule has 1 aromatic heterocycles. The van der Waals surface area contributed by atoms with Crippen LogP contribution in [0.15, 0.2) is 54.6 Å². The molecule has 3 rings (SSSR count). The summed E-state index contributed by atoms with van der Waals surface area (Å²) in [5.74, 6) is -1.18. The third kappa shape index (κ3) is 4.12. The second kappa shape index (κ2) is 8.15. The van der Waals surface area contributed by atoms with Crippen LogP contribution in [0.1, 0.15) is 32.1 Å². The summed E-state index contributed by atoms with van der Waals surface area (Å²) in [6.07, 6.45) is 0. The van der Waals surface area contributed by atoms with Crippen LogP contribution in [0.25, 0.3) is 5.69 Å². The number of nitrogens with one attached hydrogen (secondary N) is 2. The summed E-state index contributed by atoms with van der Waals surface area (Å²) in [5, 5.41) is 10.7. The van der Waals surface area contributed by atoms with Crippen LogP contribution >= 0.6 is 11.6 Å². The Morgan fingerprint density at radius 2 is 1.59 bits per heavy atom. The first-order valence-electron chi connectivity index (χ1n) is 8.58. The van der Waals surface area contributed by atoms with Crippen LogP contribution < -0.4 is 10.9 Å². The van der Waals surface area contributed by atoms with E-state index < -0.39 is 16.7 Å². The fourth-order valence-corrected chi connectivity index (χ4v) is 3.28. The van der Waals surface area contributed by atoms with E-state index in [0.29, 0.717) is 11.3 Å². The van der Waals surface area contributed by atoms with Crippen LogP contribution in [0.5, 0.6) is 0 Å². The lowest BCUT2D eigenvalue weighted by molar-refractivity contribution is -0.384. The monoisotopic (exact) mass is 412 g/mol. The van der Waals surface area contributed by atoms with Crippen molar-refractivity contribution in [3.8, 4) is 5.69 Å². The zero-order valence-corrected chi connectivity index (χ0v) is 16.4. The van der Waals surface area contributed by atoms with Gasteiger partial charge < -0.3 is 4.57 Å². The Kier molecular flexibility index (Phi) is 5.65. The molecule has 29 heavy (non-hydrogen) atoms. The van der Waals surface area contributed by atoms with Crippen molar-refractivity contribution in [2.45, 2.75) is 13.8 Å². The zero-order valence-electron chi connectivity index (χ0n) is 15.6. The Balaban J connectivity index is 1.75. The molecule has 2 amide bonds. The number of nitro groups is 1. The highest BCUT2D eigenvalue weighted by Gasteiger charge is 2.19. The summed E-state index contributed by atoms with van der Waals surface area (Å²) in [6, 6.07) is 14.8. The third-order valence-corrected chi connectivity index (χ3v) is 4.70. The lowest BCUT2D eigenvalue weighted by Crippen LogP contribution is -2.41. The highest BCUT2D eigenvalue weighted by molar-refractivity contribution is 6.34. The Labute approximate surface area is 171 Å². The maximum Gasteiger partial charge on any atom is 0.271 e. The summed E-state index contributed by atoms with van der Waals surface area (Å²) >= 11 is 5.94. The van der Waals surface area contributed by atoms with E-state index in [1.807, 2.05) is 48.7 Å². The number of non-ortho nitro benzene ring substituents is 1. The van der Waals surface area contributed by atoms with Gasteiger partial charge in [-0.3, -0.25) is 30.6 Å². The van der Waals surface area contributed by atoms with E-state index >= 15 is 0 Å². The number of halogens is 1. The molecule has 2 N–H and O–H groups in total. The largest absolute Gasteiger partial charge is 0.318 e. The van der Waals surface area contributed by atoms with Crippen molar-refractivity contribution in [3.05, 3.63) is 92.2 Å². The predicted octanol–water partition coefficient (Wildman–Crippen LogP) is 3.73. The van der Waals surface area contributed by atoms with Crippen LogP contribution in [0.2, 0.25) is 5.02 Å². The van der Waals surface area contributed by atoms with Crippen LogP contribution in [0.3, 0.4) is 0 Å². The number of rotatable bonds is 4. The molecule has 0 bridgehead atoms. The van der Waals surface area contributed by atoms with Gasteiger partial charge in [-0.2, -0.15) is 0 Å². The van der Waals surface area contributed by atoms with Crippen LogP contribution in [0.4, 0.5) is 5.69 Å². The van der Waals surface area contributed by atoms with E-state index in [1.54, 1.807) is 6.07 Å². The summed E-state index contributed by atoms with van der Waals surface area (Å²) in [7, 11) is 0. The number of aryl methyl sites for hydroxylation is 1. The molecule has 1 heterocycles.